The molecule has 3 heterocycles. The van der Waals surface area contributed by atoms with E-state index in [1.165, 1.54) is 0 Å². The molecule has 0 spiro atoms. The van der Waals surface area contributed by atoms with E-state index in [1.54, 1.807) is 4.80 Å². The van der Waals surface area contributed by atoms with Crippen molar-refractivity contribution in [3.63, 3.8) is 0 Å². The van der Waals surface area contributed by atoms with Gasteiger partial charge in [0, 0.05) is 25.6 Å². The Morgan fingerprint density at radius 2 is 1.90 bits per heavy atom. The smallest absolute Gasteiger partial charge is 0.320 e. The zero-order valence-corrected chi connectivity index (χ0v) is 17.5. The lowest BCUT2D eigenvalue weighted by Crippen LogP contribution is -2.54. The van der Waals surface area contributed by atoms with E-state index in [0.717, 1.165) is 38.6 Å². The third-order valence-electron chi connectivity index (χ3n) is 7.17. The number of tetrazole rings is 1. The van der Waals surface area contributed by atoms with E-state index in [-0.39, 0.29) is 12.1 Å². The fraction of sp³-hybridized carbons (Fsp3) is 0.850. The van der Waals surface area contributed by atoms with Crippen molar-refractivity contribution in [3.8, 4) is 0 Å². The van der Waals surface area contributed by atoms with Crippen molar-refractivity contribution in [2.45, 2.75) is 70.0 Å². The quantitative estimate of drug-likeness (QED) is 0.611. The number of aliphatic carboxylic acids is 2. The maximum absolute atomic E-state index is 11.8. The number of aryl methyl sites for hydroxylation is 1. The number of piperidine rings is 2. The van der Waals surface area contributed by atoms with Gasteiger partial charge in [0.2, 0.25) is 0 Å². The van der Waals surface area contributed by atoms with Crippen molar-refractivity contribution >= 4 is 11.9 Å². The molecule has 3 fully saturated rings. The number of carbonyl (C=O) groups is 2. The van der Waals surface area contributed by atoms with E-state index in [9.17, 15) is 19.8 Å². The summed E-state index contributed by atoms with van der Waals surface area (Å²) in [6, 6.07) is -0.292. The van der Waals surface area contributed by atoms with Gasteiger partial charge >= 0.3 is 11.9 Å². The number of carboxylic acids is 2. The van der Waals surface area contributed by atoms with Crippen LogP contribution in [-0.2, 0) is 16.0 Å². The van der Waals surface area contributed by atoms with Crippen molar-refractivity contribution in [3.05, 3.63) is 5.82 Å². The highest BCUT2D eigenvalue weighted by molar-refractivity contribution is 5.73. The fourth-order valence-electron chi connectivity index (χ4n) is 5.54. The second-order valence-electron chi connectivity index (χ2n) is 9.18. The molecule has 30 heavy (non-hydrogen) atoms. The average Bonchev–Trinajstić information content (AvgIpc) is 3.21. The minimum absolute atomic E-state index is 0.101. The monoisotopic (exact) mass is 420 g/mol. The summed E-state index contributed by atoms with van der Waals surface area (Å²) in [5.74, 6) is -0.421. The zero-order chi connectivity index (χ0) is 21.3. The number of nitrogens with zero attached hydrogens (tertiary/aromatic N) is 5. The predicted molar refractivity (Wildman–Crippen MR) is 107 cm³/mol. The molecule has 0 amide bonds. The Balaban J connectivity index is 1.46. The van der Waals surface area contributed by atoms with E-state index in [1.807, 2.05) is 0 Å². The first kappa shape index (κ1) is 21.2. The Morgan fingerprint density at radius 3 is 2.63 bits per heavy atom. The molecule has 3 aliphatic rings. The lowest BCUT2D eigenvalue weighted by molar-refractivity contribution is -0.146. The molecule has 3 N–H and O–H groups in total. The Bertz CT molecular complexity index is 770. The van der Waals surface area contributed by atoms with Gasteiger partial charge in [-0.15, -0.1) is 10.2 Å². The van der Waals surface area contributed by atoms with Crippen molar-refractivity contribution in [2.75, 3.05) is 19.6 Å². The number of rotatable bonds is 6. The molecule has 2 saturated heterocycles. The molecule has 0 bridgehead atoms. The minimum Gasteiger partial charge on any atom is -0.481 e. The van der Waals surface area contributed by atoms with Crippen molar-refractivity contribution in [1.82, 2.24) is 30.4 Å². The van der Waals surface area contributed by atoms with Crippen LogP contribution in [0.5, 0.6) is 0 Å². The van der Waals surface area contributed by atoms with E-state index < -0.39 is 23.9 Å². The maximum atomic E-state index is 11.8. The summed E-state index contributed by atoms with van der Waals surface area (Å²) in [6.45, 7) is 4.08. The summed E-state index contributed by atoms with van der Waals surface area (Å²) in [4.78, 5) is 27.2. The lowest BCUT2D eigenvalue weighted by atomic mass is 9.71. The Kier molecular flexibility index (Phi) is 6.33. The van der Waals surface area contributed by atoms with Crippen LogP contribution in [0, 0.1) is 17.8 Å². The third-order valence-corrected chi connectivity index (χ3v) is 7.17. The highest BCUT2D eigenvalue weighted by Gasteiger charge is 2.42. The second-order valence-corrected chi connectivity index (χ2v) is 9.18. The molecule has 10 nitrogen and oxygen atoms in total. The molecule has 1 aliphatic carbocycles. The van der Waals surface area contributed by atoms with Crippen LogP contribution in [0.15, 0.2) is 0 Å². The van der Waals surface area contributed by atoms with Gasteiger partial charge in [-0.3, -0.25) is 14.5 Å². The number of likely N-dealkylation sites (tertiary alicyclic amines) is 1. The largest absolute Gasteiger partial charge is 0.481 e. The zero-order valence-electron chi connectivity index (χ0n) is 17.5. The fourth-order valence-corrected chi connectivity index (χ4v) is 5.54. The van der Waals surface area contributed by atoms with Gasteiger partial charge in [0.1, 0.15) is 6.04 Å². The van der Waals surface area contributed by atoms with E-state index in [0.29, 0.717) is 43.6 Å². The Hall–Kier alpha value is -2.07. The summed E-state index contributed by atoms with van der Waals surface area (Å²) < 4.78 is 0. The number of hydrogen-bond donors (Lipinski definition) is 3. The number of nitrogens with one attached hydrogen (secondary N) is 1. The molecule has 0 aromatic carbocycles. The van der Waals surface area contributed by atoms with Gasteiger partial charge in [-0.05, 0) is 62.1 Å². The van der Waals surface area contributed by atoms with Gasteiger partial charge in [0.25, 0.3) is 0 Å². The van der Waals surface area contributed by atoms with E-state index in [4.69, 9.17) is 0 Å². The Labute approximate surface area is 176 Å². The van der Waals surface area contributed by atoms with Gasteiger partial charge in [0.05, 0.1) is 12.0 Å². The van der Waals surface area contributed by atoms with Crippen molar-refractivity contribution < 1.29 is 19.8 Å². The molecule has 1 aromatic heterocycles. The molecule has 1 aromatic rings. The van der Waals surface area contributed by atoms with Crippen LogP contribution >= 0.6 is 0 Å². The normalized spacial score (nSPS) is 35.0. The third kappa shape index (κ3) is 4.49. The number of hydrogen-bond acceptors (Lipinski definition) is 7. The molecule has 166 valence electrons. The van der Waals surface area contributed by atoms with Gasteiger partial charge in [-0.25, -0.2) is 0 Å². The second kappa shape index (κ2) is 8.97. The highest BCUT2D eigenvalue weighted by atomic mass is 16.4. The van der Waals surface area contributed by atoms with Crippen molar-refractivity contribution in [2.24, 2.45) is 17.8 Å². The standard InChI is InChI=1S/C20H32N6O4/c1-2-3-18-22-24-26(23-18)16-7-14(19(27)28)10-25(11-16)15-5-4-12-9-21-17(20(29)30)8-13(12)6-15/h12-17,21H,2-11H2,1H3,(H,27,28)(H,29,30)/t12-,13+,14+,15-,16+,17-/m0/s1. The summed E-state index contributed by atoms with van der Waals surface area (Å²) in [5.41, 5.74) is 0. The Morgan fingerprint density at radius 1 is 1.07 bits per heavy atom. The maximum Gasteiger partial charge on any atom is 0.320 e. The number of carboxylic acid groups (broad SMARTS) is 2. The molecular weight excluding hydrogens is 388 g/mol. The van der Waals surface area contributed by atoms with Crippen LogP contribution in [0.2, 0.25) is 0 Å². The van der Waals surface area contributed by atoms with Gasteiger partial charge in [-0.2, -0.15) is 4.80 Å². The summed E-state index contributed by atoms with van der Waals surface area (Å²) in [6.07, 6.45) is 5.88. The topological polar surface area (TPSA) is 133 Å². The molecule has 2 aliphatic heterocycles. The van der Waals surface area contributed by atoms with E-state index >= 15 is 0 Å². The first-order valence-corrected chi connectivity index (χ1v) is 11.2. The summed E-state index contributed by atoms with van der Waals surface area (Å²) in [7, 11) is 0. The van der Waals surface area contributed by atoms with Gasteiger partial charge < -0.3 is 15.5 Å². The van der Waals surface area contributed by atoms with Crippen LogP contribution < -0.4 is 5.32 Å². The van der Waals surface area contributed by atoms with Crippen LogP contribution in [0.3, 0.4) is 0 Å². The predicted octanol–water partition coefficient (Wildman–Crippen LogP) is 0.805. The first-order valence-electron chi connectivity index (χ1n) is 11.2. The number of fused-ring (bicyclic) bond motifs is 1. The summed E-state index contributed by atoms with van der Waals surface area (Å²) in [5, 5.41) is 35.1. The molecule has 6 atom stereocenters. The van der Waals surface area contributed by atoms with E-state index in [2.05, 4.69) is 32.6 Å². The van der Waals surface area contributed by atoms with Gasteiger partial charge in [-0.1, -0.05) is 6.92 Å². The van der Waals surface area contributed by atoms with Crippen LogP contribution in [0.25, 0.3) is 0 Å². The minimum atomic E-state index is -0.778. The molecule has 1 saturated carbocycles. The summed E-state index contributed by atoms with van der Waals surface area (Å²) >= 11 is 0. The molecule has 10 heteroatoms. The van der Waals surface area contributed by atoms with Crippen molar-refractivity contribution in [1.29, 1.82) is 0 Å². The SMILES string of the molecule is CCCc1nnn([C@@H]2C[C@@H](C(=O)O)CN([C@H]3CC[C@H]4CN[C@H](C(=O)O)C[C@H]4C3)C2)n1. The van der Waals surface area contributed by atoms with Crippen LogP contribution in [0.4, 0.5) is 0 Å². The van der Waals surface area contributed by atoms with Gasteiger partial charge in [0.15, 0.2) is 5.82 Å². The first-order chi connectivity index (χ1) is 14.4. The molecule has 0 radical (unpaired) electrons. The molecular formula is C20H32N6O4. The molecule has 4 rings (SSSR count). The average molecular weight is 421 g/mol. The lowest BCUT2D eigenvalue weighted by Gasteiger charge is -2.47. The number of aromatic nitrogens is 4. The highest BCUT2D eigenvalue weighted by Crippen LogP contribution is 2.39. The van der Waals surface area contributed by atoms with Crippen LogP contribution in [0.1, 0.15) is 57.3 Å². The van der Waals surface area contributed by atoms with Crippen LogP contribution in [-0.4, -0.2) is 79.0 Å². The molecule has 0 unspecified atom stereocenters.